The van der Waals surface area contributed by atoms with Gasteiger partial charge >= 0.3 is 4.87 Å². The van der Waals surface area contributed by atoms with Gasteiger partial charge in [-0.05, 0) is 17.2 Å². The summed E-state index contributed by atoms with van der Waals surface area (Å²) in [4.78, 5) is 42.6. The van der Waals surface area contributed by atoms with Gasteiger partial charge in [-0.15, -0.1) is 0 Å². The molecule has 0 unspecified atom stereocenters. The number of thiazole rings is 1. The number of H-pyrrole nitrogens is 1. The number of hydrogen-bond donors (Lipinski definition) is 2. The Bertz CT molecular complexity index is 1400. The molecule has 0 saturated carbocycles. The van der Waals surface area contributed by atoms with Gasteiger partial charge in [-0.2, -0.15) is 0 Å². The van der Waals surface area contributed by atoms with Crippen LogP contribution >= 0.6 is 23.1 Å². The van der Waals surface area contributed by atoms with Crippen molar-refractivity contribution >= 4 is 45.8 Å². The summed E-state index contributed by atoms with van der Waals surface area (Å²) in [5.74, 6) is -1.43. The maximum Gasteiger partial charge on any atom is 0.308 e. The van der Waals surface area contributed by atoms with E-state index in [4.69, 9.17) is 0 Å². The van der Waals surface area contributed by atoms with Crippen molar-refractivity contribution in [3.8, 4) is 0 Å². The topological polar surface area (TPSA) is 84.0 Å². The minimum absolute atomic E-state index is 0.0703. The molecule has 8 heteroatoms. The smallest absolute Gasteiger partial charge is 0.308 e. The van der Waals surface area contributed by atoms with Crippen LogP contribution in [0.4, 0.5) is 0 Å². The lowest BCUT2D eigenvalue weighted by Crippen LogP contribution is -2.32. The van der Waals surface area contributed by atoms with Gasteiger partial charge in [0.05, 0.1) is 17.5 Å². The molecule has 2 aliphatic heterocycles. The van der Waals surface area contributed by atoms with Gasteiger partial charge in [0.1, 0.15) is 5.25 Å². The minimum atomic E-state index is -0.547. The number of carbonyl (C=O) groups is 2. The van der Waals surface area contributed by atoms with Gasteiger partial charge in [-0.1, -0.05) is 71.6 Å². The number of aromatic amines is 1. The van der Waals surface area contributed by atoms with Gasteiger partial charge in [0.25, 0.3) is 0 Å². The normalized spacial score (nSPS) is 22.4. The Morgan fingerprint density at radius 3 is 2.55 bits per heavy atom. The number of thioether (sulfide) groups is 1. The number of imide groups is 1. The Hall–Kier alpha value is -3.10. The summed E-state index contributed by atoms with van der Waals surface area (Å²) >= 11 is 2.53. The summed E-state index contributed by atoms with van der Waals surface area (Å²) in [6.07, 6.45) is 1.91. The molecule has 2 aromatic heterocycles. The zero-order valence-corrected chi connectivity index (χ0v) is 17.8. The fourth-order valence-electron chi connectivity index (χ4n) is 4.63. The van der Waals surface area contributed by atoms with Crippen LogP contribution in [0.5, 0.6) is 0 Å². The molecular formula is C23H17N3O3S2. The monoisotopic (exact) mass is 447 g/mol. The molecule has 2 amide bonds. The van der Waals surface area contributed by atoms with Crippen LogP contribution in [0.3, 0.4) is 0 Å². The number of fused-ring (bicyclic) bond motifs is 3. The van der Waals surface area contributed by atoms with Crippen LogP contribution in [0.2, 0.25) is 0 Å². The highest BCUT2D eigenvalue weighted by Crippen LogP contribution is 2.52. The second-order valence-electron chi connectivity index (χ2n) is 7.79. The van der Waals surface area contributed by atoms with E-state index in [1.165, 1.54) is 23.1 Å². The van der Waals surface area contributed by atoms with Gasteiger partial charge in [0.2, 0.25) is 11.8 Å². The van der Waals surface area contributed by atoms with Crippen LogP contribution in [-0.2, 0) is 16.1 Å². The number of nitrogens with one attached hydrogen (secondary N) is 2. The van der Waals surface area contributed by atoms with Gasteiger partial charge in [-0.3, -0.25) is 24.3 Å². The second kappa shape index (κ2) is 6.96. The molecule has 3 atom stereocenters. The molecule has 31 heavy (non-hydrogen) atoms. The summed E-state index contributed by atoms with van der Waals surface area (Å²) < 4.78 is 1.74. The third-order valence-electron chi connectivity index (χ3n) is 6.03. The molecule has 154 valence electrons. The van der Waals surface area contributed by atoms with Crippen molar-refractivity contribution in [3.63, 3.8) is 0 Å². The quantitative estimate of drug-likeness (QED) is 0.472. The molecule has 4 aromatic rings. The van der Waals surface area contributed by atoms with E-state index in [1.807, 2.05) is 60.8 Å². The SMILES string of the molecule is O=C1NC(=O)[C@H]2Sc3c(sc(=O)n3Cc3ccccc3)[C@H](c3c[nH]c4ccccc34)[C@@H]12. The molecule has 2 aromatic carbocycles. The first-order valence-electron chi connectivity index (χ1n) is 9.96. The highest BCUT2D eigenvalue weighted by Gasteiger charge is 2.53. The largest absolute Gasteiger partial charge is 0.361 e. The molecule has 2 N–H and O–H groups in total. The number of nitrogens with zero attached hydrogens (tertiary/aromatic N) is 1. The summed E-state index contributed by atoms with van der Waals surface area (Å²) in [5, 5.41) is 3.77. The predicted octanol–water partition coefficient (Wildman–Crippen LogP) is 3.32. The van der Waals surface area contributed by atoms with Crippen molar-refractivity contribution in [2.45, 2.75) is 22.7 Å². The third kappa shape index (κ3) is 2.82. The molecule has 2 aliphatic rings. The standard InChI is InChI=1S/C23H17N3O3S2/c27-20-17-16(14-10-24-15-9-5-4-8-13(14)15)19-22(30-18(17)21(28)25-20)26(23(29)31-19)11-12-6-2-1-3-7-12/h1-10,16-18,24H,11H2,(H,25,27,28)/t16-,17-,18+/m1/s1. The van der Waals surface area contributed by atoms with Crippen LogP contribution < -0.4 is 10.2 Å². The molecule has 1 fully saturated rings. The molecule has 1 saturated heterocycles. The number of rotatable bonds is 3. The maximum absolute atomic E-state index is 13.0. The van der Waals surface area contributed by atoms with E-state index >= 15 is 0 Å². The first kappa shape index (κ1) is 18.7. The molecule has 0 spiro atoms. The Morgan fingerprint density at radius 2 is 1.71 bits per heavy atom. The third-order valence-corrected chi connectivity index (χ3v) is 8.64. The fraction of sp³-hybridized carbons (Fsp3) is 0.174. The molecule has 6 rings (SSSR count). The van der Waals surface area contributed by atoms with Crippen molar-refractivity contribution in [1.29, 1.82) is 0 Å². The number of benzene rings is 2. The van der Waals surface area contributed by atoms with Gasteiger partial charge in [-0.25, -0.2) is 0 Å². The zero-order chi connectivity index (χ0) is 21.1. The van der Waals surface area contributed by atoms with Gasteiger partial charge in [0, 0.05) is 27.9 Å². The van der Waals surface area contributed by atoms with Crippen molar-refractivity contribution in [3.05, 3.63) is 86.5 Å². The van der Waals surface area contributed by atoms with Crippen LogP contribution in [0.25, 0.3) is 10.9 Å². The van der Waals surface area contributed by atoms with Crippen molar-refractivity contribution in [2.75, 3.05) is 0 Å². The van der Waals surface area contributed by atoms with E-state index in [0.29, 0.717) is 6.54 Å². The van der Waals surface area contributed by atoms with Crippen molar-refractivity contribution < 1.29 is 9.59 Å². The fourth-order valence-corrected chi connectivity index (χ4v) is 7.36. The Morgan fingerprint density at radius 1 is 0.935 bits per heavy atom. The second-order valence-corrected chi connectivity index (χ2v) is 9.92. The van der Waals surface area contributed by atoms with Crippen LogP contribution in [-0.4, -0.2) is 26.6 Å². The number of hydrogen-bond acceptors (Lipinski definition) is 5. The summed E-state index contributed by atoms with van der Waals surface area (Å²) in [5.41, 5.74) is 2.93. The molecule has 0 bridgehead atoms. The van der Waals surface area contributed by atoms with Gasteiger partial charge < -0.3 is 4.98 Å². The summed E-state index contributed by atoms with van der Waals surface area (Å²) in [6.45, 7) is 0.437. The van der Waals surface area contributed by atoms with Crippen LogP contribution in [0.1, 0.15) is 21.9 Å². The molecule has 6 nitrogen and oxygen atoms in total. The lowest BCUT2D eigenvalue weighted by Gasteiger charge is -2.30. The Balaban J connectivity index is 1.56. The lowest BCUT2D eigenvalue weighted by molar-refractivity contribution is -0.125. The van der Waals surface area contributed by atoms with E-state index < -0.39 is 11.2 Å². The van der Waals surface area contributed by atoms with E-state index in [2.05, 4.69) is 10.3 Å². The Kier molecular flexibility index (Phi) is 4.19. The van der Waals surface area contributed by atoms with E-state index in [1.54, 1.807) is 4.57 Å². The Labute approximate surface area is 185 Å². The number of carbonyl (C=O) groups excluding carboxylic acids is 2. The summed E-state index contributed by atoms with van der Waals surface area (Å²) in [6, 6.07) is 17.7. The first-order valence-corrected chi connectivity index (χ1v) is 11.7. The number of aromatic nitrogens is 2. The maximum atomic E-state index is 13.0. The number of amides is 2. The average molecular weight is 448 g/mol. The lowest BCUT2D eigenvalue weighted by atomic mass is 9.83. The molecule has 0 radical (unpaired) electrons. The van der Waals surface area contributed by atoms with Crippen molar-refractivity contribution in [1.82, 2.24) is 14.9 Å². The number of para-hydroxylation sites is 1. The van der Waals surface area contributed by atoms with Crippen LogP contribution in [0, 0.1) is 5.92 Å². The summed E-state index contributed by atoms with van der Waals surface area (Å²) in [7, 11) is 0. The molecular weight excluding hydrogens is 430 g/mol. The van der Waals surface area contributed by atoms with Crippen molar-refractivity contribution in [2.24, 2.45) is 5.92 Å². The molecule has 4 heterocycles. The van der Waals surface area contributed by atoms with E-state index in [0.717, 1.165) is 31.9 Å². The molecule has 0 aliphatic carbocycles. The first-order chi connectivity index (χ1) is 15.1. The van der Waals surface area contributed by atoms with E-state index in [9.17, 15) is 14.4 Å². The predicted molar refractivity (Wildman–Crippen MR) is 121 cm³/mol. The van der Waals surface area contributed by atoms with Gasteiger partial charge in [0.15, 0.2) is 0 Å². The highest BCUT2D eigenvalue weighted by molar-refractivity contribution is 8.00. The van der Waals surface area contributed by atoms with E-state index in [-0.39, 0.29) is 22.6 Å². The average Bonchev–Trinajstić information content (AvgIpc) is 3.42. The van der Waals surface area contributed by atoms with Crippen LogP contribution in [0.15, 0.2) is 70.6 Å². The minimum Gasteiger partial charge on any atom is -0.361 e. The highest BCUT2D eigenvalue weighted by atomic mass is 32.2. The zero-order valence-electron chi connectivity index (χ0n) is 16.2.